The molecule has 1 heterocycles. The van der Waals surface area contributed by atoms with Crippen molar-refractivity contribution in [3.63, 3.8) is 0 Å². The monoisotopic (exact) mass is 232 g/mol. The third kappa shape index (κ3) is 2.18. The van der Waals surface area contributed by atoms with Crippen LogP contribution in [0.15, 0.2) is 6.20 Å². The van der Waals surface area contributed by atoms with Crippen LogP contribution in [0.4, 0.5) is 14.6 Å². The van der Waals surface area contributed by atoms with Crippen molar-refractivity contribution in [1.82, 2.24) is 4.98 Å². The molecule has 1 aromatic rings. The van der Waals surface area contributed by atoms with Crippen LogP contribution in [-0.2, 0) is 4.74 Å². The number of esters is 1. The number of carbonyl (C=O) groups is 1. The molecule has 0 spiro atoms. The Morgan fingerprint density at radius 3 is 2.81 bits per heavy atom. The minimum Gasteiger partial charge on any atom is -0.505 e. The maximum Gasteiger partial charge on any atom is 0.342 e. The van der Waals surface area contributed by atoms with Crippen molar-refractivity contribution in [1.29, 1.82) is 0 Å². The molecule has 0 bridgehead atoms. The topological polar surface area (TPSA) is 85.4 Å². The van der Waals surface area contributed by atoms with Crippen LogP contribution >= 0.6 is 0 Å². The molecule has 0 amide bonds. The van der Waals surface area contributed by atoms with Crippen LogP contribution in [-0.4, -0.2) is 22.7 Å². The number of anilines is 1. The number of rotatable bonds is 3. The Hall–Kier alpha value is -1.92. The molecule has 0 radical (unpaired) electrons. The molecule has 5 nitrogen and oxygen atoms in total. The summed E-state index contributed by atoms with van der Waals surface area (Å²) in [4.78, 5) is 14.7. The Morgan fingerprint density at radius 1 is 1.69 bits per heavy atom. The number of nitrogen functional groups attached to an aromatic ring is 1. The average Bonchev–Trinajstić information content (AvgIpc) is 2.20. The third-order valence-electron chi connectivity index (χ3n) is 1.83. The minimum absolute atomic E-state index is 0.00315. The molecule has 0 saturated heterocycles. The molecule has 88 valence electrons. The highest BCUT2D eigenvalue weighted by Crippen LogP contribution is 2.32. The van der Waals surface area contributed by atoms with E-state index in [1.165, 1.54) is 6.92 Å². The van der Waals surface area contributed by atoms with Crippen molar-refractivity contribution in [2.24, 2.45) is 0 Å². The summed E-state index contributed by atoms with van der Waals surface area (Å²) in [6, 6.07) is 0. The zero-order valence-corrected chi connectivity index (χ0v) is 8.41. The number of aromatic hydroxyl groups is 1. The fraction of sp³-hybridized carbons (Fsp3) is 0.333. The highest BCUT2D eigenvalue weighted by atomic mass is 19.3. The maximum atomic E-state index is 12.6. The summed E-state index contributed by atoms with van der Waals surface area (Å²) in [5.41, 5.74) is 3.77. The third-order valence-corrected chi connectivity index (χ3v) is 1.83. The molecular formula is C9H10F2N2O3. The van der Waals surface area contributed by atoms with Crippen molar-refractivity contribution < 1.29 is 23.4 Å². The Balaban J connectivity index is 3.34. The van der Waals surface area contributed by atoms with Crippen molar-refractivity contribution >= 4 is 11.8 Å². The number of ether oxygens (including phenoxy) is 1. The quantitative estimate of drug-likeness (QED) is 0.771. The lowest BCUT2D eigenvalue weighted by molar-refractivity contribution is 0.0511. The van der Waals surface area contributed by atoms with Gasteiger partial charge in [0.25, 0.3) is 6.43 Å². The number of carbonyl (C=O) groups excluding carboxylic acids is 1. The van der Waals surface area contributed by atoms with Gasteiger partial charge in [0.1, 0.15) is 17.1 Å². The predicted molar refractivity (Wildman–Crippen MR) is 51.2 cm³/mol. The first kappa shape index (κ1) is 12.2. The van der Waals surface area contributed by atoms with Crippen LogP contribution in [0.5, 0.6) is 5.75 Å². The fourth-order valence-electron chi connectivity index (χ4n) is 1.17. The van der Waals surface area contributed by atoms with E-state index < -0.39 is 35.1 Å². The summed E-state index contributed by atoms with van der Waals surface area (Å²) in [6.45, 7) is 1.52. The summed E-state index contributed by atoms with van der Waals surface area (Å²) in [5, 5.41) is 9.31. The van der Waals surface area contributed by atoms with E-state index in [-0.39, 0.29) is 6.61 Å². The van der Waals surface area contributed by atoms with E-state index in [0.29, 0.717) is 0 Å². The van der Waals surface area contributed by atoms with E-state index in [9.17, 15) is 18.7 Å². The lowest BCUT2D eigenvalue weighted by Crippen LogP contribution is -2.12. The van der Waals surface area contributed by atoms with Gasteiger partial charge in [0.2, 0.25) is 0 Å². The second kappa shape index (κ2) is 4.73. The largest absolute Gasteiger partial charge is 0.505 e. The zero-order chi connectivity index (χ0) is 12.3. The van der Waals surface area contributed by atoms with Gasteiger partial charge in [-0.05, 0) is 6.92 Å². The molecule has 7 heteroatoms. The van der Waals surface area contributed by atoms with Gasteiger partial charge in [-0.1, -0.05) is 0 Å². The summed E-state index contributed by atoms with van der Waals surface area (Å²) >= 11 is 0. The van der Waals surface area contributed by atoms with Gasteiger partial charge in [0.15, 0.2) is 0 Å². The van der Waals surface area contributed by atoms with Crippen LogP contribution in [0.3, 0.4) is 0 Å². The van der Waals surface area contributed by atoms with E-state index in [1.54, 1.807) is 0 Å². The lowest BCUT2D eigenvalue weighted by Gasteiger charge is -2.11. The standard InChI is InChI=1S/C9H10F2N2O3/c1-2-16-9(15)5-4(14)3-13-8(12)6(5)7(10)11/h3,7,14H,2H2,1H3,(H2,12,13). The number of nitrogens with zero attached hydrogens (tertiary/aromatic N) is 1. The van der Waals surface area contributed by atoms with E-state index >= 15 is 0 Å². The maximum absolute atomic E-state index is 12.6. The molecule has 1 aromatic heterocycles. The van der Waals surface area contributed by atoms with Crippen LogP contribution in [0.1, 0.15) is 29.3 Å². The van der Waals surface area contributed by atoms with Gasteiger partial charge in [-0.25, -0.2) is 18.6 Å². The second-order valence-electron chi connectivity index (χ2n) is 2.84. The van der Waals surface area contributed by atoms with Gasteiger partial charge in [0.05, 0.1) is 18.4 Å². The van der Waals surface area contributed by atoms with Gasteiger partial charge in [-0.3, -0.25) is 0 Å². The first-order chi connectivity index (χ1) is 7.49. The van der Waals surface area contributed by atoms with Gasteiger partial charge in [0, 0.05) is 0 Å². The summed E-state index contributed by atoms with van der Waals surface area (Å²) in [6.07, 6.45) is -2.19. The minimum atomic E-state index is -3.01. The average molecular weight is 232 g/mol. The number of nitrogens with two attached hydrogens (primary N) is 1. The Morgan fingerprint density at radius 2 is 2.31 bits per heavy atom. The highest BCUT2D eigenvalue weighted by Gasteiger charge is 2.26. The van der Waals surface area contributed by atoms with Crippen molar-refractivity contribution in [2.75, 3.05) is 12.3 Å². The molecule has 0 aliphatic heterocycles. The fourth-order valence-corrected chi connectivity index (χ4v) is 1.17. The Bertz CT molecular complexity index is 410. The lowest BCUT2D eigenvalue weighted by atomic mass is 10.1. The van der Waals surface area contributed by atoms with E-state index in [1.807, 2.05) is 0 Å². The number of hydrogen-bond donors (Lipinski definition) is 2. The molecular weight excluding hydrogens is 222 g/mol. The van der Waals surface area contributed by atoms with E-state index in [0.717, 1.165) is 6.20 Å². The number of alkyl halides is 2. The normalized spacial score (nSPS) is 10.5. The first-order valence-electron chi connectivity index (χ1n) is 4.41. The Kier molecular flexibility index (Phi) is 3.60. The van der Waals surface area contributed by atoms with Crippen molar-refractivity contribution in [3.05, 3.63) is 17.3 Å². The van der Waals surface area contributed by atoms with E-state index in [2.05, 4.69) is 9.72 Å². The number of aromatic nitrogens is 1. The molecule has 0 aromatic carbocycles. The molecule has 1 rings (SSSR count). The van der Waals surface area contributed by atoms with E-state index in [4.69, 9.17) is 5.73 Å². The smallest absolute Gasteiger partial charge is 0.342 e. The van der Waals surface area contributed by atoms with Gasteiger partial charge in [-0.15, -0.1) is 0 Å². The number of halogens is 2. The molecule has 16 heavy (non-hydrogen) atoms. The molecule has 0 unspecified atom stereocenters. The summed E-state index contributed by atoms with van der Waals surface area (Å²) < 4.78 is 29.8. The predicted octanol–water partition coefficient (Wildman–Crippen LogP) is 1.48. The van der Waals surface area contributed by atoms with Crippen LogP contribution in [0, 0.1) is 0 Å². The van der Waals surface area contributed by atoms with Gasteiger partial charge in [-0.2, -0.15) is 0 Å². The summed E-state index contributed by atoms with van der Waals surface area (Å²) in [7, 11) is 0. The molecule has 0 aliphatic rings. The summed E-state index contributed by atoms with van der Waals surface area (Å²) in [5.74, 6) is -2.23. The number of hydrogen-bond acceptors (Lipinski definition) is 5. The molecule has 3 N–H and O–H groups in total. The number of pyridine rings is 1. The second-order valence-corrected chi connectivity index (χ2v) is 2.84. The highest BCUT2D eigenvalue weighted by molar-refractivity contribution is 5.95. The van der Waals surface area contributed by atoms with Gasteiger partial charge >= 0.3 is 5.97 Å². The van der Waals surface area contributed by atoms with Crippen molar-refractivity contribution in [2.45, 2.75) is 13.3 Å². The molecule has 0 saturated carbocycles. The molecule has 0 atom stereocenters. The SMILES string of the molecule is CCOC(=O)c1c(O)cnc(N)c1C(F)F. The zero-order valence-electron chi connectivity index (χ0n) is 8.41. The molecule has 0 fully saturated rings. The van der Waals surface area contributed by atoms with Crippen LogP contribution in [0.2, 0.25) is 0 Å². The van der Waals surface area contributed by atoms with Crippen molar-refractivity contribution in [3.8, 4) is 5.75 Å². The first-order valence-corrected chi connectivity index (χ1v) is 4.41. The van der Waals surface area contributed by atoms with Crippen LogP contribution < -0.4 is 5.73 Å². The molecule has 0 aliphatic carbocycles. The van der Waals surface area contributed by atoms with Gasteiger partial charge < -0.3 is 15.6 Å². The van der Waals surface area contributed by atoms with Crippen LogP contribution in [0.25, 0.3) is 0 Å². The Labute approximate surface area is 89.9 Å².